The Labute approximate surface area is 62.6 Å². The Hall–Kier alpha value is -1.72. The summed E-state index contributed by atoms with van der Waals surface area (Å²) in [5.74, 6) is 0.397. The molecule has 0 aliphatic carbocycles. The van der Waals surface area contributed by atoms with Crippen LogP contribution in [0, 0.1) is 0 Å². The Balaban J connectivity index is 2.77. The topological polar surface area (TPSA) is 73.2 Å². The van der Waals surface area contributed by atoms with E-state index in [1.54, 1.807) is 28.8 Å². The predicted molar refractivity (Wildman–Crippen MR) is 40.7 cm³/mol. The Morgan fingerprint density at radius 2 is 2.45 bits per heavy atom. The average molecular weight is 152 g/mol. The van der Waals surface area contributed by atoms with E-state index in [2.05, 4.69) is 15.5 Å². The van der Waals surface area contributed by atoms with Gasteiger partial charge in [-0.2, -0.15) is 9.61 Å². The summed E-state index contributed by atoms with van der Waals surface area (Å²) in [6.07, 6.45) is 3.28. The molecule has 0 aliphatic rings. The summed E-state index contributed by atoms with van der Waals surface area (Å²) >= 11 is 0. The predicted octanol–water partition coefficient (Wildman–Crippen LogP) is -0.714. The fraction of sp³-hybridized carbons (Fsp3) is 0.200. The molecule has 0 aliphatic heterocycles. The zero-order valence-corrected chi connectivity index (χ0v) is 6.02. The first-order valence-electron chi connectivity index (χ1n) is 3.17. The van der Waals surface area contributed by atoms with E-state index in [0.29, 0.717) is 5.95 Å². The van der Waals surface area contributed by atoms with Crippen molar-refractivity contribution in [3.05, 3.63) is 12.5 Å². The summed E-state index contributed by atoms with van der Waals surface area (Å²) in [4.78, 5) is 3.88. The summed E-state index contributed by atoms with van der Waals surface area (Å²) in [5.41, 5.74) is 9.22. The van der Waals surface area contributed by atoms with Crippen LogP contribution >= 0.6 is 0 Å². The summed E-state index contributed by atoms with van der Waals surface area (Å²) in [7, 11) is 1.80. The maximum absolute atomic E-state index is 5.49. The Bertz CT molecular complexity index is 371. The molecule has 0 spiro atoms. The van der Waals surface area contributed by atoms with Crippen LogP contribution in [0.1, 0.15) is 0 Å². The standard InChI is InChI=1S/C5H8N6/c1-7-10-3-9-11-4(10)2-8-5(11)6/h2-3,7H,1H3,(H2,6,8). The van der Waals surface area contributed by atoms with Crippen LogP contribution in [0.5, 0.6) is 0 Å². The summed E-state index contributed by atoms with van der Waals surface area (Å²) in [6.45, 7) is 0. The van der Waals surface area contributed by atoms with E-state index in [0.717, 1.165) is 5.65 Å². The second-order valence-electron chi connectivity index (χ2n) is 2.11. The van der Waals surface area contributed by atoms with Gasteiger partial charge in [-0.3, -0.25) is 0 Å². The van der Waals surface area contributed by atoms with Crippen molar-refractivity contribution in [3.63, 3.8) is 0 Å². The Kier molecular flexibility index (Phi) is 1.03. The number of imidazole rings is 1. The minimum absolute atomic E-state index is 0.397. The molecular formula is C5H8N6. The number of anilines is 1. The van der Waals surface area contributed by atoms with Gasteiger partial charge in [0.1, 0.15) is 6.33 Å². The molecule has 0 unspecified atom stereocenters. The van der Waals surface area contributed by atoms with Crippen LogP contribution in [0.2, 0.25) is 0 Å². The van der Waals surface area contributed by atoms with E-state index < -0.39 is 0 Å². The number of nitrogen functional groups attached to an aromatic ring is 1. The first-order chi connectivity index (χ1) is 5.33. The van der Waals surface area contributed by atoms with E-state index in [-0.39, 0.29) is 0 Å². The van der Waals surface area contributed by atoms with E-state index in [9.17, 15) is 0 Å². The molecule has 58 valence electrons. The van der Waals surface area contributed by atoms with Crippen LogP contribution in [-0.2, 0) is 0 Å². The monoisotopic (exact) mass is 152 g/mol. The molecule has 0 atom stereocenters. The number of hydrogen-bond donors (Lipinski definition) is 2. The Morgan fingerprint density at radius 1 is 1.64 bits per heavy atom. The van der Waals surface area contributed by atoms with Gasteiger partial charge in [0, 0.05) is 7.05 Å². The number of rotatable bonds is 1. The normalized spacial score (nSPS) is 10.6. The van der Waals surface area contributed by atoms with Gasteiger partial charge in [0.15, 0.2) is 5.65 Å². The molecule has 0 amide bonds. The molecule has 2 rings (SSSR count). The van der Waals surface area contributed by atoms with Gasteiger partial charge in [-0.25, -0.2) is 9.66 Å². The van der Waals surface area contributed by atoms with Crippen LogP contribution in [-0.4, -0.2) is 26.3 Å². The quantitative estimate of drug-likeness (QED) is 0.566. The third-order valence-corrected chi connectivity index (χ3v) is 1.52. The van der Waals surface area contributed by atoms with E-state index in [1.807, 2.05) is 0 Å². The van der Waals surface area contributed by atoms with Crippen LogP contribution in [0.3, 0.4) is 0 Å². The van der Waals surface area contributed by atoms with Gasteiger partial charge in [-0.15, -0.1) is 0 Å². The van der Waals surface area contributed by atoms with E-state index in [4.69, 9.17) is 5.73 Å². The fourth-order valence-electron chi connectivity index (χ4n) is 0.968. The minimum Gasteiger partial charge on any atom is -0.368 e. The summed E-state index contributed by atoms with van der Waals surface area (Å²) in [5, 5.41) is 3.98. The molecule has 3 N–H and O–H groups in total. The molecule has 6 nitrogen and oxygen atoms in total. The second kappa shape index (κ2) is 1.88. The van der Waals surface area contributed by atoms with Crippen LogP contribution < -0.4 is 11.2 Å². The lowest BCUT2D eigenvalue weighted by Crippen LogP contribution is -2.06. The molecule has 0 radical (unpaired) electrons. The lowest BCUT2D eigenvalue weighted by atomic mass is 10.8. The third kappa shape index (κ3) is 0.658. The SMILES string of the molecule is CNn1cnn2c(N)ncc12. The Morgan fingerprint density at radius 3 is 3.18 bits per heavy atom. The molecule has 0 saturated carbocycles. The van der Waals surface area contributed by atoms with Crippen LogP contribution in [0.15, 0.2) is 12.5 Å². The lowest BCUT2D eigenvalue weighted by molar-refractivity contribution is 0.943. The van der Waals surface area contributed by atoms with Gasteiger partial charge in [-0.1, -0.05) is 0 Å². The first kappa shape index (κ1) is 6.02. The van der Waals surface area contributed by atoms with Crippen molar-refractivity contribution in [1.82, 2.24) is 19.3 Å². The number of hydrogen-bond acceptors (Lipinski definition) is 4. The fourth-order valence-corrected chi connectivity index (χ4v) is 0.968. The van der Waals surface area contributed by atoms with Gasteiger partial charge < -0.3 is 11.2 Å². The number of nitrogens with two attached hydrogens (primary N) is 1. The van der Waals surface area contributed by atoms with Crippen molar-refractivity contribution in [2.24, 2.45) is 0 Å². The van der Waals surface area contributed by atoms with Crippen LogP contribution in [0.4, 0.5) is 5.95 Å². The van der Waals surface area contributed by atoms with Gasteiger partial charge in [-0.05, 0) is 0 Å². The maximum Gasteiger partial charge on any atom is 0.223 e. The summed E-state index contributed by atoms with van der Waals surface area (Å²) < 4.78 is 3.28. The van der Waals surface area contributed by atoms with Gasteiger partial charge in [0.2, 0.25) is 5.95 Å². The zero-order chi connectivity index (χ0) is 7.84. The smallest absolute Gasteiger partial charge is 0.223 e. The lowest BCUT2D eigenvalue weighted by Gasteiger charge is -1.95. The molecule has 2 aromatic rings. The zero-order valence-electron chi connectivity index (χ0n) is 6.02. The van der Waals surface area contributed by atoms with Crippen molar-refractivity contribution in [2.45, 2.75) is 0 Å². The van der Waals surface area contributed by atoms with Crippen molar-refractivity contribution in [3.8, 4) is 0 Å². The maximum atomic E-state index is 5.49. The van der Waals surface area contributed by atoms with Crippen LogP contribution in [0.25, 0.3) is 5.65 Å². The van der Waals surface area contributed by atoms with Crippen molar-refractivity contribution in [1.29, 1.82) is 0 Å². The molecule has 6 heteroatoms. The molecule has 0 bridgehead atoms. The van der Waals surface area contributed by atoms with E-state index in [1.165, 1.54) is 0 Å². The summed E-state index contributed by atoms with van der Waals surface area (Å²) in [6, 6.07) is 0. The third-order valence-electron chi connectivity index (χ3n) is 1.52. The molecule has 11 heavy (non-hydrogen) atoms. The molecule has 2 heterocycles. The van der Waals surface area contributed by atoms with Crippen molar-refractivity contribution in [2.75, 3.05) is 18.2 Å². The molecule has 0 saturated heterocycles. The number of nitrogens with one attached hydrogen (secondary N) is 1. The number of aromatic nitrogens is 4. The molecular weight excluding hydrogens is 144 g/mol. The van der Waals surface area contributed by atoms with Gasteiger partial charge >= 0.3 is 0 Å². The van der Waals surface area contributed by atoms with Crippen molar-refractivity contribution >= 4 is 11.6 Å². The van der Waals surface area contributed by atoms with Crippen molar-refractivity contribution < 1.29 is 0 Å². The van der Waals surface area contributed by atoms with Gasteiger partial charge in [0.05, 0.1) is 6.20 Å². The molecule has 0 aromatic carbocycles. The first-order valence-corrected chi connectivity index (χ1v) is 3.17. The highest BCUT2D eigenvalue weighted by atomic mass is 15.5. The largest absolute Gasteiger partial charge is 0.368 e. The average Bonchev–Trinajstić information content (AvgIpc) is 2.53. The molecule has 2 aromatic heterocycles. The molecule has 0 fully saturated rings. The number of nitrogens with zero attached hydrogens (tertiary/aromatic N) is 4. The highest BCUT2D eigenvalue weighted by Gasteiger charge is 2.03. The minimum atomic E-state index is 0.397. The second-order valence-corrected chi connectivity index (χ2v) is 2.11. The van der Waals surface area contributed by atoms with Gasteiger partial charge in [0.25, 0.3) is 0 Å². The van der Waals surface area contributed by atoms with E-state index >= 15 is 0 Å². The number of fused-ring (bicyclic) bond motifs is 1. The highest BCUT2D eigenvalue weighted by molar-refractivity contribution is 5.43. The highest BCUT2D eigenvalue weighted by Crippen LogP contribution is 2.04.